The van der Waals surface area contributed by atoms with Gasteiger partial charge in [-0.2, -0.15) is 61.5 Å². The normalized spacial score (nSPS) is 17.1. The first-order valence-corrected chi connectivity index (χ1v) is 5.56. The first-order valence-electron chi connectivity index (χ1n) is 5.56. The summed E-state index contributed by atoms with van der Waals surface area (Å²) in [5.74, 6) is -14.6. The number of alkyl halides is 16. The highest BCUT2D eigenvalue weighted by molar-refractivity contribution is 5.13. The summed E-state index contributed by atoms with van der Waals surface area (Å²) in [7, 11) is -0.703. The van der Waals surface area contributed by atoms with E-state index < -0.39 is 55.9 Å². The lowest BCUT2D eigenvalue weighted by molar-refractivity contribution is -0.476. The fourth-order valence-electron chi connectivity index (χ4n) is 1.19. The molecular weight excluding hydrogens is 444 g/mol. The second-order valence-corrected chi connectivity index (χ2v) is 4.30. The number of aliphatic hydroxyl groups excluding tert-OH is 1. The van der Waals surface area contributed by atoms with Crippen LogP contribution in [0.1, 0.15) is 0 Å². The summed E-state index contributed by atoms with van der Waals surface area (Å²) >= 11 is 0. The number of aliphatic hydroxyl groups is 1. The first-order chi connectivity index (χ1) is 11.4. The SMILES string of the molecule is COC(F)(C(F)(F)C(F)(F)F)C(F)(C(F)(F)F)C(F)(F)F.OCC(F)(F)F. The van der Waals surface area contributed by atoms with Gasteiger partial charge in [0.25, 0.3) is 0 Å². The van der Waals surface area contributed by atoms with Gasteiger partial charge in [0.1, 0.15) is 6.61 Å². The number of hydrogen-bond acceptors (Lipinski definition) is 2. The Morgan fingerprint density at radius 1 is 0.593 bits per heavy atom. The minimum absolute atomic E-state index is 0.703. The van der Waals surface area contributed by atoms with Crippen molar-refractivity contribution < 1.29 is 80.1 Å². The van der Waals surface area contributed by atoms with Crippen molar-refractivity contribution in [3.63, 3.8) is 0 Å². The quantitative estimate of drug-likeness (QED) is 0.623. The molecule has 1 N–H and O–H groups in total. The maximum Gasteiger partial charge on any atom is 0.459 e. The Kier molecular flexibility index (Phi) is 7.96. The van der Waals surface area contributed by atoms with E-state index in [0.717, 1.165) is 0 Å². The van der Waals surface area contributed by atoms with Crippen molar-refractivity contribution in [1.29, 1.82) is 0 Å². The van der Waals surface area contributed by atoms with E-state index in [2.05, 4.69) is 4.74 Å². The summed E-state index contributed by atoms with van der Waals surface area (Å²) in [6.45, 7) is -1.73. The largest absolute Gasteiger partial charge is 0.459 e. The Balaban J connectivity index is 0. The van der Waals surface area contributed by atoms with Gasteiger partial charge in [0.15, 0.2) is 0 Å². The number of rotatable bonds is 3. The Hall–Kier alpha value is -1.20. The Morgan fingerprint density at radius 2 is 0.852 bits per heavy atom. The average molecular weight is 450 g/mol. The van der Waals surface area contributed by atoms with Crippen molar-refractivity contribution in [2.24, 2.45) is 0 Å². The van der Waals surface area contributed by atoms with Crippen LogP contribution in [-0.2, 0) is 4.74 Å². The van der Waals surface area contributed by atoms with Crippen LogP contribution in [0.3, 0.4) is 0 Å². The fraction of sp³-hybridized carbons (Fsp3) is 1.00. The van der Waals surface area contributed by atoms with Crippen LogP contribution in [-0.4, -0.2) is 61.0 Å². The number of hydrogen-bond donors (Lipinski definition) is 1. The predicted octanol–water partition coefficient (Wildman–Crippen LogP) is 4.87. The minimum Gasteiger partial charge on any atom is -0.387 e. The number of halogens is 16. The van der Waals surface area contributed by atoms with Gasteiger partial charge in [-0.1, -0.05) is 0 Å². The van der Waals surface area contributed by atoms with E-state index in [0.29, 0.717) is 0 Å². The van der Waals surface area contributed by atoms with Crippen LogP contribution >= 0.6 is 0 Å². The third-order valence-corrected chi connectivity index (χ3v) is 2.44. The van der Waals surface area contributed by atoms with Gasteiger partial charge >= 0.3 is 42.2 Å². The molecule has 0 heterocycles. The summed E-state index contributed by atoms with van der Waals surface area (Å²) in [5.41, 5.74) is -7.64. The van der Waals surface area contributed by atoms with Gasteiger partial charge < -0.3 is 9.84 Å². The zero-order chi connectivity index (χ0) is 22.9. The Morgan fingerprint density at radius 3 is 0.963 bits per heavy atom. The molecule has 166 valence electrons. The van der Waals surface area contributed by atoms with Gasteiger partial charge in [0.2, 0.25) is 0 Å². The van der Waals surface area contributed by atoms with Gasteiger partial charge in [0.05, 0.1) is 0 Å². The molecule has 0 aromatic carbocycles. The minimum atomic E-state index is -7.64. The average Bonchev–Trinajstić information content (AvgIpc) is 2.41. The topological polar surface area (TPSA) is 29.5 Å². The Labute approximate surface area is 137 Å². The van der Waals surface area contributed by atoms with E-state index in [1.165, 1.54) is 0 Å². The van der Waals surface area contributed by atoms with Crippen LogP contribution in [0.4, 0.5) is 70.2 Å². The van der Waals surface area contributed by atoms with Crippen molar-refractivity contribution >= 4 is 0 Å². The Bertz CT molecular complexity index is 456. The molecule has 0 aromatic rings. The fourth-order valence-corrected chi connectivity index (χ4v) is 1.19. The van der Waals surface area contributed by atoms with Crippen LogP contribution in [0.25, 0.3) is 0 Å². The van der Waals surface area contributed by atoms with Gasteiger partial charge in [-0.15, -0.1) is 0 Å². The molecule has 0 saturated carbocycles. The van der Waals surface area contributed by atoms with Crippen LogP contribution in [0.15, 0.2) is 0 Å². The molecule has 0 bridgehead atoms. The molecule has 0 aromatic heterocycles. The predicted molar refractivity (Wildman–Crippen MR) is 50.9 cm³/mol. The molecule has 0 amide bonds. The van der Waals surface area contributed by atoms with Crippen molar-refractivity contribution in [2.45, 2.75) is 42.2 Å². The second kappa shape index (κ2) is 7.67. The summed E-state index contributed by atoms with van der Waals surface area (Å²) in [6, 6.07) is 0. The number of ether oxygens (including phenoxy) is 1. The molecular formula is C9H6F16O2. The third-order valence-electron chi connectivity index (χ3n) is 2.44. The molecule has 0 saturated heterocycles. The van der Waals surface area contributed by atoms with Crippen molar-refractivity contribution in [3.8, 4) is 0 Å². The summed E-state index contributed by atoms with van der Waals surface area (Å²) in [5, 5.41) is 7.28. The molecule has 0 aliphatic carbocycles. The maximum atomic E-state index is 13.3. The highest BCUT2D eigenvalue weighted by atomic mass is 19.4. The molecule has 1 unspecified atom stereocenters. The molecule has 0 radical (unpaired) electrons. The lowest BCUT2D eigenvalue weighted by atomic mass is 9.88. The molecule has 0 fully saturated rings. The van der Waals surface area contributed by atoms with Crippen molar-refractivity contribution in [1.82, 2.24) is 0 Å². The van der Waals surface area contributed by atoms with Crippen LogP contribution in [0.5, 0.6) is 0 Å². The zero-order valence-corrected chi connectivity index (χ0v) is 12.1. The monoisotopic (exact) mass is 450 g/mol. The molecule has 0 spiro atoms. The van der Waals surface area contributed by atoms with E-state index in [4.69, 9.17) is 5.11 Å². The van der Waals surface area contributed by atoms with Gasteiger partial charge in [-0.25, -0.2) is 8.78 Å². The third kappa shape index (κ3) is 5.20. The van der Waals surface area contributed by atoms with Gasteiger partial charge in [0, 0.05) is 7.11 Å². The van der Waals surface area contributed by atoms with Crippen molar-refractivity contribution in [2.75, 3.05) is 13.7 Å². The summed E-state index contributed by atoms with van der Waals surface area (Å²) in [6.07, 6.45) is -26.7. The highest BCUT2D eigenvalue weighted by Crippen LogP contribution is 2.61. The van der Waals surface area contributed by atoms with E-state index in [1.54, 1.807) is 0 Å². The smallest absolute Gasteiger partial charge is 0.387 e. The standard InChI is InChI=1S/C7H3F13O.C2H3F3O/c1-21-4(11,3(9,10)7(18,19)20)2(8,5(12,13)14)6(15,16)17;3-2(4,5)1-6/h1H3;6H,1H2. The highest BCUT2D eigenvalue weighted by Gasteiger charge is 2.93. The van der Waals surface area contributed by atoms with Crippen LogP contribution in [0, 0.1) is 0 Å². The molecule has 0 aliphatic heterocycles. The molecule has 0 rings (SSSR count). The van der Waals surface area contributed by atoms with Crippen molar-refractivity contribution in [3.05, 3.63) is 0 Å². The molecule has 18 heteroatoms. The van der Waals surface area contributed by atoms with Crippen LogP contribution in [0.2, 0.25) is 0 Å². The molecule has 2 nitrogen and oxygen atoms in total. The van der Waals surface area contributed by atoms with E-state index in [-0.39, 0.29) is 0 Å². The lowest BCUT2D eigenvalue weighted by Crippen LogP contribution is -2.75. The lowest BCUT2D eigenvalue weighted by Gasteiger charge is -2.43. The van der Waals surface area contributed by atoms with E-state index >= 15 is 0 Å². The summed E-state index contributed by atoms with van der Waals surface area (Å²) < 4.78 is 194. The van der Waals surface area contributed by atoms with Crippen LogP contribution < -0.4 is 0 Å². The first kappa shape index (κ1) is 28.0. The zero-order valence-electron chi connectivity index (χ0n) is 12.1. The second-order valence-electron chi connectivity index (χ2n) is 4.30. The summed E-state index contributed by atoms with van der Waals surface area (Å²) in [4.78, 5) is 0. The van der Waals surface area contributed by atoms with E-state index in [9.17, 15) is 70.2 Å². The van der Waals surface area contributed by atoms with Gasteiger partial charge in [-0.05, 0) is 0 Å². The molecule has 0 aliphatic rings. The van der Waals surface area contributed by atoms with E-state index in [1.807, 2.05) is 0 Å². The molecule has 1 atom stereocenters. The van der Waals surface area contributed by atoms with Gasteiger partial charge in [-0.3, -0.25) is 0 Å². The number of methoxy groups -OCH3 is 1. The molecule has 27 heavy (non-hydrogen) atoms. The maximum absolute atomic E-state index is 13.3.